The molecule has 0 amide bonds. The highest BCUT2D eigenvalue weighted by molar-refractivity contribution is 7.97. The van der Waals surface area contributed by atoms with Crippen molar-refractivity contribution in [2.24, 2.45) is 47.3 Å². The van der Waals surface area contributed by atoms with Crippen LogP contribution in [0.1, 0.15) is 84.0 Å². The molecule has 0 heterocycles. The maximum absolute atomic E-state index is 10.8. The van der Waals surface area contributed by atoms with Crippen molar-refractivity contribution in [1.29, 1.82) is 0 Å². The summed E-state index contributed by atoms with van der Waals surface area (Å²) in [6, 6.07) is 32.2. The molecule has 2 nitrogen and oxygen atoms in total. The number of rotatable bonds is 7. The predicted octanol–water partition coefficient (Wildman–Crippen LogP) is 9.20. The van der Waals surface area contributed by atoms with E-state index in [9.17, 15) is 9.90 Å². The van der Waals surface area contributed by atoms with Gasteiger partial charge in [0.2, 0.25) is 0 Å². The Balaban J connectivity index is 0.000000157. The number of aliphatic carboxylic acids is 1. The molecule has 0 aromatic heterocycles. The SMILES string of the molecule is CC(CCC(=O)[O-])C1CCC2C1CCC1C3CCCCC3CCC12.c1ccc([S+](c2ccccc2)c2ccccc2)cc1. The monoisotopic (exact) mass is 594 g/mol. The summed E-state index contributed by atoms with van der Waals surface area (Å²) < 4.78 is 0. The zero-order valence-corrected chi connectivity index (χ0v) is 26.8. The van der Waals surface area contributed by atoms with Crippen molar-refractivity contribution in [3.63, 3.8) is 0 Å². The van der Waals surface area contributed by atoms with Gasteiger partial charge in [-0.25, -0.2) is 0 Å². The molecule has 0 saturated heterocycles. The molecule has 3 aromatic rings. The molecule has 0 N–H and O–H groups in total. The maximum Gasteiger partial charge on any atom is 0.166 e. The van der Waals surface area contributed by atoms with E-state index in [-0.39, 0.29) is 17.3 Å². The molecule has 43 heavy (non-hydrogen) atoms. The average molecular weight is 595 g/mol. The van der Waals surface area contributed by atoms with Crippen molar-refractivity contribution in [1.82, 2.24) is 0 Å². The molecule has 4 aliphatic rings. The molecule has 8 atom stereocenters. The fourth-order valence-electron chi connectivity index (χ4n) is 9.88. The lowest BCUT2D eigenvalue weighted by atomic mass is 9.53. The number of fused-ring (bicyclic) bond motifs is 5. The van der Waals surface area contributed by atoms with E-state index < -0.39 is 5.97 Å². The van der Waals surface area contributed by atoms with Gasteiger partial charge in [0, 0.05) is 5.97 Å². The van der Waals surface area contributed by atoms with Gasteiger partial charge in [-0.1, -0.05) is 80.8 Å². The lowest BCUT2D eigenvalue weighted by Crippen LogP contribution is -2.44. The molecule has 7 rings (SSSR count). The highest BCUT2D eigenvalue weighted by atomic mass is 32.2. The van der Waals surface area contributed by atoms with Crippen molar-refractivity contribution in [2.75, 3.05) is 0 Å². The fraction of sp³-hybridized carbons (Fsp3) is 0.525. The largest absolute Gasteiger partial charge is 0.550 e. The Kier molecular flexibility index (Phi) is 10.3. The van der Waals surface area contributed by atoms with Gasteiger partial charge in [0.1, 0.15) is 0 Å². The highest BCUT2D eigenvalue weighted by Gasteiger charge is 2.51. The van der Waals surface area contributed by atoms with Crippen molar-refractivity contribution >= 4 is 16.9 Å². The van der Waals surface area contributed by atoms with Gasteiger partial charge in [-0.05, 0) is 142 Å². The van der Waals surface area contributed by atoms with E-state index in [1.165, 1.54) is 78.9 Å². The first-order chi connectivity index (χ1) is 21.1. The second kappa shape index (κ2) is 14.5. The first-order valence-electron chi connectivity index (χ1n) is 17.2. The van der Waals surface area contributed by atoms with E-state index in [4.69, 9.17) is 0 Å². The summed E-state index contributed by atoms with van der Waals surface area (Å²) in [6.07, 6.45) is 15.8. The van der Waals surface area contributed by atoms with E-state index in [0.717, 1.165) is 47.8 Å². The number of carbonyl (C=O) groups is 1. The van der Waals surface area contributed by atoms with Gasteiger partial charge in [-0.3, -0.25) is 0 Å². The third-order valence-electron chi connectivity index (χ3n) is 11.7. The first kappa shape index (κ1) is 30.5. The van der Waals surface area contributed by atoms with Crippen LogP contribution in [0.25, 0.3) is 0 Å². The normalized spacial score (nSPS) is 30.2. The molecule has 3 heteroatoms. The van der Waals surface area contributed by atoms with Crippen LogP contribution in [-0.2, 0) is 15.7 Å². The summed E-state index contributed by atoms with van der Waals surface area (Å²) in [5, 5.41) is 10.8. The van der Waals surface area contributed by atoms with Crippen LogP contribution >= 0.6 is 0 Å². The molecule has 4 fully saturated rings. The summed E-state index contributed by atoms with van der Waals surface area (Å²) in [7, 11) is -0.0146. The first-order valence-corrected chi connectivity index (χ1v) is 18.4. The molecule has 0 aliphatic heterocycles. The Morgan fingerprint density at radius 1 is 0.628 bits per heavy atom. The molecule has 8 unspecified atom stereocenters. The summed E-state index contributed by atoms with van der Waals surface area (Å²) in [5.74, 6) is 6.56. The number of hydrogen-bond acceptors (Lipinski definition) is 2. The van der Waals surface area contributed by atoms with Crippen molar-refractivity contribution in [3.8, 4) is 0 Å². The quantitative estimate of drug-likeness (QED) is 0.256. The molecule has 0 radical (unpaired) electrons. The van der Waals surface area contributed by atoms with Gasteiger partial charge in [-0.15, -0.1) is 0 Å². The minimum absolute atomic E-state index is 0.0146. The molecule has 3 aromatic carbocycles. The number of carboxylic acid groups (broad SMARTS) is 1. The number of carbonyl (C=O) groups excluding carboxylic acids is 1. The van der Waals surface area contributed by atoms with Gasteiger partial charge >= 0.3 is 0 Å². The van der Waals surface area contributed by atoms with Crippen LogP contribution in [0.5, 0.6) is 0 Å². The number of carboxylic acids is 1. The van der Waals surface area contributed by atoms with Crippen molar-refractivity contribution in [2.45, 2.75) is 98.7 Å². The van der Waals surface area contributed by atoms with Crippen LogP contribution in [-0.4, -0.2) is 5.97 Å². The minimum Gasteiger partial charge on any atom is -0.550 e. The summed E-state index contributed by atoms with van der Waals surface area (Å²) in [6.45, 7) is 2.31. The lowest BCUT2D eigenvalue weighted by molar-refractivity contribution is -0.306. The van der Waals surface area contributed by atoms with Gasteiger partial charge in [-0.2, -0.15) is 0 Å². The lowest BCUT2D eigenvalue weighted by Gasteiger charge is -2.52. The van der Waals surface area contributed by atoms with Crippen molar-refractivity contribution in [3.05, 3.63) is 91.0 Å². The second-order valence-electron chi connectivity index (χ2n) is 13.9. The molecule has 0 spiro atoms. The summed E-state index contributed by atoms with van der Waals surface area (Å²) in [5.41, 5.74) is 0. The summed E-state index contributed by atoms with van der Waals surface area (Å²) >= 11 is 0. The van der Waals surface area contributed by atoms with E-state index in [1.54, 1.807) is 0 Å². The van der Waals surface area contributed by atoms with Gasteiger partial charge in [0.25, 0.3) is 0 Å². The third kappa shape index (κ3) is 7.08. The molecule has 4 saturated carbocycles. The maximum atomic E-state index is 10.8. The van der Waals surface area contributed by atoms with Crippen LogP contribution in [0.2, 0.25) is 0 Å². The Bertz CT molecular complexity index is 1180. The Morgan fingerprint density at radius 3 is 1.67 bits per heavy atom. The molecule has 228 valence electrons. The van der Waals surface area contributed by atoms with E-state index in [1.807, 2.05) is 0 Å². The van der Waals surface area contributed by atoms with Crippen LogP contribution in [0.4, 0.5) is 0 Å². The molecular weight excluding hydrogens is 545 g/mol. The standard InChI is InChI=1S/C22H36O2.C18H15S/c1-14(6-13-22(23)24)16-9-10-21-18(16)11-12-19-17-5-3-2-4-15(17)7-8-20(19)21;1-4-10-16(11-5-1)19(17-12-6-2-7-13-17)18-14-8-3-9-15-18/h14-21H,2-13H2,1H3,(H,23,24);1-15H/q;+1/p-1. The average Bonchev–Trinajstić information content (AvgIpc) is 3.50. The zero-order chi connectivity index (χ0) is 29.6. The molecular formula is C40H50O2S. The zero-order valence-electron chi connectivity index (χ0n) is 26.0. The summed E-state index contributed by atoms with van der Waals surface area (Å²) in [4.78, 5) is 14.9. The van der Waals surface area contributed by atoms with Gasteiger partial charge in [0.05, 0.1) is 10.9 Å². The Hall–Kier alpha value is -2.52. The smallest absolute Gasteiger partial charge is 0.166 e. The van der Waals surface area contributed by atoms with Crippen molar-refractivity contribution < 1.29 is 9.90 Å². The topological polar surface area (TPSA) is 40.1 Å². The second-order valence-corrected chi connectivity index (χ2v) is 15.9. The van der Waals surface area contributed by atoms with Crippen LogP contribution in [0.15, 0.2) is 106 Å². The van der Waals surface area contributed by atoms with Crippen LogP contribution in [0, 0.1) is 47.3 Å². The van der Waals surface area contributed by atoms with E-state index in [0.29, 0.717) is 5.92 Å². The molecule has 4 aliphatic carbocycles. The van der Waals surface area contributed by atoms with Crippen LogP contribution in [0.3, 0.4) is 0 Å². The predicted molar refractivity (Wildman–Crippen MR) is 175 cm³/mol. The number of hydrogen-bond donors (Lipinski definition) is 0. The Morgan fingerprint density at radius 2 is 1.09 bits per heavy atom. The van der Waals surface area contributed by atoms with Gasteiger partial charge in [0.15, 0.2) is 14.7 Å². The van der Waals surface area contributed by atoms with Crippen LogP contribution < -0.4 is 5.11 Å². The third-order valence-corrected chi connectivity index (χ3v) is 14.0. The van der Waals surface area contributed by atoms with E-state index >= 15 is 0 Å². The number of benzene rings is 3. The Labute approximate surface area is 263 Å². The fourth-order valence-corrected chi connectivity index (χ4v) is 12.0. The van der Waals surface area contributed by atoms with Gasteiger partial charge < -0.3 is 9.90 Å². The highest BCUT2D eigenvalue weighted by Crippen LogP contribution is 2.60. The molecule has 0 bridgehead atoms. The van der Waals surface area contributed by atoms with E-state index in [2.05, 4.69) is 97.9 Å². The minimum atomic E-state index is -0.865.